The summed E-state index contributed by atoms with van der Waals surface area (Å²) < 4.78 is 26.4. The Balaban J connectivity index is 2.16. The van der Waals surface area contributed by atoms with Crippen LogP contribution in [0.3, 0.4) is 0 Å². The first kappa shape index (κ1) is 15.2. The molecule has 0 aromatic heterocycles. The molecule has 3 amide bonds. The van der Waals surface area contributed by atoms with E-state index in [1.807, 2.05) is 13.8 Å². The fourth-order valence-electron chi connectivity index (χ4n) is 2.35. The number of anilines is 1. The summed E-state index contributed by atoms with van der Waals surface area (Å²) in [6.07, 6.45) is 0. The fraction of sp³-hybridized carbons (Fsp3) is 0.429. The van der Waals surface area contributed by atoms with Crippen LogP contribution in [-0.4, -0.2) is 36.0 Å². The summed E-state index contributed by atoms with van der Waals surface area (Å²) in [5, 5.41) is 5.07. The molecule has 1 aliphatic rings. The van der Waals surface area contributed by atoms with Crippen molar-refractivity contribution in [2.75, 3.05) is 18.4 Å². The van der Waals surface area contributed by atoms with Crippen molar-refractivity contribution in [1.29, 1.82) is 0 Å². The molecule has 1 fully saturated rings. The molecule has 1 aromatic rings. The molecule has 114 valence electrons. The zero-order chi connectivity index (χ0) is 15.6. The molecule has 0 spiro atoms. The standard InChI is InChI=1S/C14H17F2N3O2/c1-8(2)12-13(20)17-5-6-19(12)14(21)18-11-4-3-9(15)7-10(11)16/h3-4,7-8,12H,5-6H2,1-2H3,(H,17,20)(H,18,21)/t12-/m0/s1. The van der Waals surface area contributed by atoms with Crippen LogP contribution >= 0.6 is 0 Å². The number of hydrogen-bond donors (Lipinski definition) is 2. The summed E-state index contributed by atoms with van der Waals surface area (Å²) in [4.78, 5) is 25.5. The number of amides is 3. The van der Waals surface area contributed by atoms with Gasteiger partial charge in [-0.3, -0.25) is 4.79 Å². The van der Waals surface area contributed by atoms with E-state index in [1.165, 1.54) is 4.90 Å². The van der Waals surface area contributed by atoms with Gasteiger partial charge in [0.25, 0.3) is 0 Å². The van der Waals surface area contributed by atoms with E-state index in [-0.39, 0.29) is 17.5 Å². The van der Waals surface area contributed by atoms with Crippen molar-refractivity contribution in [1.82, 2.24) is 10.2 Å². The highest BCUT2D eigenvalue weighted by Crippen LogP contribution is 2.19. The van der Waals surface area contributed by atoms with Gasteiger partial charge in [0, 0.05) is 19.2 Å². The summed E-state index contributed by atoms with van der Waals surface area (Å²) in [5.41, 5.74) is -0.116. The third-order valence-corrected chi connectivity index (χ3v) is 3.32. The minimum Gasteiger partial charge on any atom is -0.353 e. The predicted octanol–water partition coefficient (Wildman–Crippen LogP) is 1.95. The van der Waals surface area contributed by atoms with Crippen molar-refractivity contribution in [2.45, 2.75) is 19.9 Å². The first-order chi connectivity index (χ1) is 9.90. The first-order valence-electron chi connectivity index (χ1n) is 6.70. The van der Waals surface area contributed by atoms with E-state index in [9.17, 15) is 18.4 Å². The molecule has 0 saturated carbocycles. The number of nitrogens with zero attached hydrogens (tertiary/aromatic N) is 1. The maximum Gasteiger partial charge on any atom is 0.322 e. The quantitative estimate of drug-likeness (QED) is 0.876. The van der Waals surface area contributed by atoms with Gasteiger partial charge in [0.05, 0.1) is 5.69 Å². The van der Waals surface area contributed by atoms with Crippen molar-refractivity contribution in [3.05, 3.63) is 29.8 Å². The molecule has 0 unspecified atom stereocenters. The number of piperazine rings is 1. The summed E-state index contributed by atoms with van der Waals surface area (Å²) in [6.45, 7) is 4.34. The van der Waals surface area contributed by atoms with Gasteiger partial charge in [-0.2, -0.15) is 0 Å². The van der Waals surface area contributed by atoms with Gasteiger partial charge in [-0.05, 0) is 18.1 Å². The Morgan fingerprint density at radius 3 is 2.76 bits per heavy atom. The van der Waals surface area contributed by atoms with Crippen molar-refractivity contribution in [3.63, 3.8) is 0 Å². The van der Waals surface area contributed by atoms with Gasteiger partial charge >= 0.3 is 6.03 Å². The number of urea groups is 1. The Labute approximate surface area is 121 Å². The van der Waals surface area contributed by atoms with Crippen LogP contribution in [0.1, 0.15) is 13.8 Å². The number of rotatable bonds is 2. The zero-order valence-corrected chi connectivity index (χ0v) is 11.8. The highest BCUT2D eigenvalue weighted by atomic mass is 19.1. The molecule has 0 bridgehead atoms. The SMILES string of the molecule is CC(C)[C@H]1C(=O)NCCN1C(=O)Nc1ccc(F)cc1F. The number of hydrogen-bond acceptors (Lipinski definition) is 2. The highest BCUT2D eigenvalue weighted by Gasteiger charge is 2.35. The Morgan fingerprint density at radius 2 is 2.14 bits per heavy atom. The Kier molecular flexibility index (Phi) is 4.40. The Bertz CT molecular complexity index is 563. The van der Waals surface area contributed by atoms with Gasteiger partial charge in [-0.1, -0.05) is 13.8 Å². The third-order valence-electron chi connectivity index (χ3n) is 3.32. The van der Waals surface area contributed by atoms with Crippen LogP contribution < -0.4 is 10.6 Å². The second kappa shape index (κ2) is 6.07. The van der Waals surface area contributed by atoms with Crippen LogP contribution in [0.5, 0.6) is 0 Å². The van der Waals surface area contributed by atoms with Crippen LogP contribution in [0.25, 0.3) is 0 Å². The molecule has 1 atom stereocenters. The van der Waals surface area contributed by atoms with Crippen molar-refractivity contribution >= 4 is 17.6 Å². The van der Waals surface area contributed by atoms with Gasteiger partial charge < -0.3 is 15.5 Å². The normalized spacial score (nSPS) is 18.6. The van der Waals surface area contributed by atoms with Crippen LogP contribution in [0.4, 0.5) is 19.3 Å². The van der Waals surface area contributed by atoms with Crippen LogP contribution in [0, 0.1) is 17.6 Å². The number of nitrogens with one attached hydrogen (secondary N) is 2. The minimum atomic E-state index is -0.856. The van der Waals surface area contributed by atoms with Gasteiger partial charge in [-0.25, -0.2) is 13.6 Å². The molecule has 1 heterocycles. The molecular formula is C14H17F2N3O2. The fourth-order valence-corrected chi connectivity index (χ4v) is 2.35. The lowest BCUT2D eigenvalue weighted by Gasteiger charge is -2.37. The van der Waals surface area contributed by atoms with Crippen molar-refractivity contribution in [3.8, 4) is 0 Å². The smallest absolute Gasteiger partial charge is 0.322 e. The lowest BCUT2D eigenvalue weighted by molar-refractivity contribution is -0.129. The van der Waals surface area contributed by atoms with Crippen LogP contribution in [-0.2, 0) is 4.79 Å². The van der Waals surface area contributed by atoms with E-state index in [0.29, 0.717) is 19.2 Å². The van der Waals surface area contributed by atoms with E-state index in [2.05, 4.69) is 10.6 Å². The molecule has 7 heteroatoms. The maximum absolute atomic E-state index is 13.6. The van der Waals surface area contributed by atoms with E-state index < -0.39 is 23.7 Å². The van der Waals surface area contributed by atoms with E-state index in [4.69, 9.17) is 0 Å². The highest BCUT2D eigenvalue weighted by molar-refractivity contribution is 5.94. The summed E-state index contributed by atoms with van der Waals surface area (Å²) in [7, 11) is 0. The maximum atomic E-state index is 13.6. The molecule has 0 aliphatic carbocycles. The molecule has 1 saturated heterocycles. The van der Waals surface area contributed by atoms with Crippen molar-refractivity contribution in [2.24, 2.45) is 5.92 Å². The monoisotopic (exact) mass is 297 g/mol. The second-order valence-corrected chi connectivity index (χ2v) is 5.23. The summed E-state index contributed by atoms with van der Waals surface area (Å²) in [5.74, 6) is -1.88. The van der Waals surface area contributed by atoms with Crippen molar-refractivity contribution < 1.29 is 18.4 Å². The predicted molar refractivity (Wildman–Crippen MR) is 73.7 cm³/mol. The molecular weight excluding hydrogens is 280 g/mol. The van der Waals surface area contributed by atoms with Crippen LogP contribution in [0.2, 0.25) is 0 Å². The van der Waals surface area contributed by atoms with E-state index in [0.717, 1.165) is 12.1 Å². The lowest BCUT2D eigenvalue weighted by Crippen LogP contribution is -2.60. The summed E-state index contributed by atoms with van der Waals surface area (Å²) in [6, 6.07) is 1.72. The second-order valence-electron chi connectivity index (χ2n) is 5.23. The molecule has 1 aromatic carbocycles. The molecule has 2 N–H and O–H groups in total. The average Bonchev–Trinajstić information content (AvgIpc) is 2.41. The topological polar surface area (TPSA) is 61.4 Å². The largest absolute Gasteiger partial charge is 0.353 e. The first-order valence-corrected chi connectivity index (χ1v) is 6.70. The Morgan fingerprint density at radius 1 is 1.43 bits per heavy atom. The molecule has 5 nitrogen and oxygen atoms in total. The molecule has 0 radical (unpaired) electrons. The molecule has 21 heavy (non-hydrogen) atoms. The number of benzene rings is 1. The van der Waals surface area contributed by atoms with Gasteiger partial charge in [-0.15, -0.1) is 0 Å². The van der Waals surface area contributed by atoms with Crippen LogP contribution in [0.15, 0.2) is 18.2 Å². The summed E-state index contributed by atoms with van der Waals surface area (Å²) >= 11 is 0. The van der Waals surface area contributed by atoms with Gasteiger partial charge in [0.1, 0.15) is 17.7 Å². The minimum absolute atomic E-state index is 0.0749. The van der Waals surface area contributed by atoms with E-state index >= 15 is 0 Å². The lowest BCUT2D eigenvalue weighted by atomic mass is 10.00. The third kappa shape index (κ3) is 3.29. The Hall–Kier alpha value is -2.18. The number of carbonyl (C=O) groups is 2. The average molecular weight is 297 g/mol. The van der Waals surface area contributed by atoms with Gasteiger partial charge in [0.15, 0.2) is 0 Å². The molecule has 2 rings (SSSR count). The number of halogens is 2. The van der Waals surface area contributed by atoms with E-state index in [1.54, 1.807) is 0 Å². The number of carbonyl (C=O) groups excluding carboxylic acids is 2. The zero-order valence-electron chi connectivity index (χ0n) is 11.8. The van der Waals surface area contributed by atoms with Gasteiger partial charge in [0.2, 0.25) is 5.91 Å². The molecule has 1 aliphatic heterocycles.